The highest BCUT2D eigenvalue weighted by molar-refractivity contribution is 5.70. The first-order chi connectivity index (χ1) is 8.13. The first kappa shape index (κ1) is 13.5. The second-order valence-corrected chi connectivity index (χ2v) is 4.10. The summed E-state index contributed by atoms with van der Waals surface area (Å²) in [5.74, 6) is -1.06. The van der Waals surface area contributed by atoms with Gasteiger partial charge in [-0.15, -0.1) is 0 Å². The molecule has 0 fully saturated rings. The highest BCUT2D eigenvalue weighted by Crippen LogP contribution is 2.20. The van der Waals surface area contributed by atoms with Crippen LogP contribution in [0.15, 0.2) is 12.2 Å². The molecule has 1 aliphatic rings. The van der Waals surface area contributed by atoms with Crippen molar-refractivity contribution in [3.8, 4) is 0 Å². The molecule has 0 aromatic heterocycles. The van der Waals surface area contributed by atoms with Crippen LogP contribution in [0.3, 0.4) is 0 Å². The van der Waals surface area contributed by atoms with Crippen LogP contribution in [0.2, 0.25) is 0 Å². The monoisotopic (exact) mass is 241 g/mol. The Kier molecular flexibility index (Phi) is 5.52. The van der Waals surface area contributed by atoms with Crippen molar-refractivity contribution < 1.29 is 19.4 Å². The van der Waals surface area contributed by atoms with Crippen LogP contribution in [-0.2, 0) is 9.53 Å². The van der Waals surface area contributed by atoms with Gasteiger partial charge in [0, 0.05) is 6.54 Å². The molecule has 0 heterocycles. The van der Waals surface area contributed by atoms with E-state index in [-0.39, 0.29) is 12.0 Å². The summed E-state index contributed by atoms with van der Waals surface area (Å²) in [6.45, 7) is 2.36. The third-order valence-corrected chi connectivity index (χ3v) is 2.74. The summed E-state index contributed by atoms with van der Waals surface area (Å²) in [7, 11) is 0. The highest BCUT2D eigenvalue weighted by Gasteiger charge is 2.20. The number of carbonyl (C=O) groups excluding carboxylic acids is 1. The maximum atomic E-state index is 11.2. The lowest BCUT2D eigenvalue weighted by molar-refractivity contribution is -0.142. The molecule has 0 saturated heterocycles. The van der Waals surface area contributed by atoms with Gasteiger partial charge in [0.2, 0.25) is 0 Å². The standard InChI is InChI=1S/C12H19NO4/c1-2-13-12(16)17-10-7-3-5-9(11(14)15)6-4-8-10/h3,7,9-10H,2,4-6,8H2,1H3,(H,13,16)(H,14,15)/b7-3+. The minimum Gasteiger partial charge on any atom is -0.481 e. The Morgan fingerprint density at radius 1 is 1.47 bits per heavy atom. The fourth-order valence-corrected chi connectivity index (χ4v) is 1.82. The van der Waals surface area contributed by atoms with E-state index in [9.17, 15) is 9.59 Å². The third kappa shape index (κ3) is 4.89. The summed E-state index contributed by atoms with van der Waals surface area (Å²) < 4.78 is 5.18. The van der Waals surface area contributed by atoms with Gasteiger partial charge >= 0.3 is 12.1 Å². The lowest BCUT2D eigenvalue weighted by atomic mass is 9.94. The summed E-state index contributed by atoms with van der Waals surface area (Å²) in [4.78, 5) is 22.1. The summed E-state index contributed by atoms with van der Waals surface area (Å²) in [6.07, 6.45) is 5.49. The number of carbonyl (C=O) groups is 2. The van der Waals surface area contributed by atoms with Crippen molar-refractivity contribution in [1.29, 1.82) is 0 Å². The molecule has 0 aromatic carbocycles. The summed E-state index contributed by atoms with van der Waals surface area (Å²) in [5.41, 5.74) is 0. The van der Waals surface area contributed by atoms with E-state index in [1.165, 1.54) is 0 Å². The zero-order valence-electron chi connectivity index (χ0n) is 10.0. The number of amides is 1. The minimum atomic E-state index is -0.752. The fraction of sp³-hybridized carbons (Fsp3) is 0.667. The van der Waals surface area contributed by atoms with Crippen molar-refractivity contribution in [1.82, 2.24) is 5.32 Å². The predicted octanol–water partition coefficient (Wildman–Crippen LogP) is 1.93. The first-order valence-corrected chi connectivity index (χ1v) is 5.97. The van der Waals surface area contributed by atoms with Gasteiger partial charge in [-0.1, -0.05) is 6.08 Å². The Labute approximate surface area is 101 Å². The first-order valence-electron chi connectivity index (χ1n) is 5.97. The van der Waals surface area contributed by atoms with E-state index in [0.717, 1.165) is 6.42 Å². The van der Waals surface area contributed by atoms with E-state index in [1.54, 1.807) is 12.2 Å². The molecule has 5 nitrogen and oxygen atoms in total. The Bertz CT molecular complexity index is 301. The number of hydrogen-bond acceptors (Lipinski definition) is 3. The molecule has 2 unspecified atom stereocenters. The number of aliphatic carboxylic acids is 1. The lowest BCUT2D eigenvalue weighted by Gasteiger charge is -2.18. The maximum absolute atomic E-state index is 11.2. The van der Waals surface area contributed by atoms with Gasteiger partial charge in [0.15, 0.2) is 0 Å². The molecule has 2 atom stereocenters. The van der Waals surface area contributed by atoms with E-state index in [0.29, 0.717) is 25.8 Å². The molecule has 17 heavy (non-hydrogen) atoms. The Morgan fingerprint density at radius 3 is 2.88 bits per heavy atom. The van der Waals surface area contributed by atoms with Crippen LogP contribution in [0.1, 0.15) is 32.6 Å². The van der Waals surface area contributed by atoms with E-state index in [2.05, 4.69) is 5.32 Å². The van der Waals surface area contributed by atoms with Crippen LogP contribution in [0.25, 0.3) is 0 Å². The number of alkyl carbamates (subject to hydrolysis) is 1. The number of rotatable bonds is 3. The van der Waals surface area contributed by atoms with Gasteiger partial charge in [0.05, 0.1) is 5.92 Å². The number of nitrogens with one attached hydrogen (secondary N) is 1. The van der Waals surface area contributed by atoms with Crippen LogP contribution in [0, 0.1) is 5.92 Å². The average Bonchev–Trinajstić information content (AvgIpc) is 2.21. The number of carboxylic acid groups (broad SMARTS) is 1. The second-order valence-electron chi connectivity index (χ2n) is 4.10. The lowest BCUT2D eigenvalue weighted by Crippen LogP contribution is -2.28. The van der Waals surface area contributed by atoms with E-state index in [1.807, 2.05) is 6.92 Å². The van der Waals surface area contributed by atoms with Gasteiger partial charge in [-0.2, -0.15) is 0 Å². The molecule has 1 rings (SSSR count). The summed E-state index contributed by atoms with van der Waals surface area (Å²) in [6, 6.07) is 0. The van der Waals surface area contributed by atoms with Gasteiger partial charge in [0.1, 0.15) is 6.10 Å². The molecule has 0 radical (unpaired) electrons. The number of hydrogen-bond donors (Lipinski definition) is 2. The molecule has 0 bridgehead atoms. The molecule has 0 spiro atoms. The molecule has 0 saturated carbocycles. The summed E-state index contributed by atoms with van der Waals surface area (Å²) in [5, 5.41) is 11.5. The Morgan fingerprint density at radius 2 is 2.24 bits per heavy atom. The number of ether oxygens (including phenoxy) is 1. The number of allylic oxidation sites excluding steroid dienone is 1. The Balaban J connectivity index is 2.45. The molecular weight excluding hydrogens is 222 g/mol. The molecule has 0 aliphatic heterocycles. The van der Waals surface area contributed by atoms with Crippen molar-refractivity contribution in [3.63, 3.8) is 0 Å². The van der Waals surface area contributed by atoms with Crippen LogP contribution < -0.4 is 5.32 Å². The summed E-state index contributed by atoms with van der Waals surface area (Å²) >= 11 is 0. The van der Waals surface area contributed by atoms with Gasteiger partial charge in [-0.05, 0) is 38.7 Å². The van der Waals surface area contributed by atoms with E-state index >= 15 is 0 Å². The molecule has 1 amide bonds. The fourth-order valence-electron chi connectivity index (χ4n) is 1.82. The largest absolute Gasteiger partial charge is 0.481 e. The molecule has 0 aromatic rings. The minimum absolute atomic E-state index is 0.240. The molecule has 5 heteroatoms. The van der Waals surface area contributed by atoms with Crippen molar-refractivity contribution in [2.75, 3.05) is 6.54 Å². The van der Waals surface area contributed by atoms with Gasteiger partial charge in [-0.3, -0.25) is 4.79 Å². The predicted molar refractivity (Wildman–Crippen MR) is 62.7 cm³/mol. The Hall–Kier alpha value is -1.52. The van der Waals surface area contributed by atoms with Crippen LogP contribution in [-0.4, -0.2) is 29.8 Å². The third-order valence-electron chi connectivity index (χ3n) is 2.74. The normalized spacial score (nSPS) is 26.4. The zero-order valence-corrected chi connectivity index (χ0v) is 10.0. The van der Waals surface area contributed by atoms with Crippen molar-refractivity contribution in [2.45, 2.75) is 38.7 Å². The van der Waals surface area contributed by atoms with E-state index < -0.39 is 12.1 Å². The van der Waals surface area contributed by atoms with Crippen molar-refractivity contribution >= 4 is 12.1 Å². The van der Waals surface area contributed by atoms with E-state index in [4.69, 9.17) is 9.84 Å². The van der Waals surface area contributed by atoms with Gasteiger partial charge in [0.25, 0.3) is 0 Å². The zero-order chi connectivity index (χ0) is 12.7. The van der Waals surface area contributed by atoms with Crippen LogP contribution >= 0.6 is 0 Å². The van der Waals surface area contributed by atoms with Gasteiger partial charge < -0.3 is 15.2 Å². The SMILES string of the molecule is CCNC(=O)OC1/C=C/CC(C(=O)O)CCC1. The second kappa shape index (κ2) is 6.93. The topological polar surface area (TPSA) is 75.6 Å². The van der Waals surface area contributed by atoms with Crippen molar-refractivity contribution in [2.24, 2.45) is 5.92 Å². The van der Waals surface area contributed by atoms with Crippen LogP contribution in [0.5, 0.6) is 0 Å². The maximum Gasteiger partial charge on any atom is 0.407 e. The molecular formula is C12H19NO4. The average molecular weight is 241 g/mol. The van der Waals surface area contributed by atoms with Gasteiger partial charge in [-0.25, -0.2) is 4.79 Å². The van der Waals surface area contributed by atoms with Crippen LogP contribution in [0.4, 0.5) is 4.79 Å². The number of carboxylic acids is 1. The van der Waals surface area contributed by atoms with Crippen molar-refractivity contribution in [3.05, 3.63) is 12.2 Å². The quantitative estimate of drug-likeness (QED) is 0.740. The smallest absolute Gasteiger partial charge is 0.407 e. The molecule has 96 valence electrons. The highest BCUT2D eigenvalue weighted by atomic mass is 16.6. The molecule has 2 N–H and O–H groups in total. The molecule has 1 aliphatic carbocycles.